The highest BCUT2D eigenvalue weighted by molar-refractivity contribution is 5.81. The van der Waals surface area contributed by atoms with Gasteiger partial charge in [-0.25, -0.2) is 4.98 Å². The van der Waals surface area contributed by atoms with Gasteiger partial charge in [0, 0.05) is 25.6 Å². The molecular formula is C25H27N3O4. The minimum Gasteiger partial charge on any atom is -0.456 e. The number of carbonyl (C=O) groups excluding carboxylic acids is 2. The number of nitrogens with zero attached hydrogens (tertiary/aromatic N) is 3. The van der Waals surface area contributed by atoms with E-state index in [-0.39, 0.29) is 30.5 Å². The third kappa shape index (κ3) is 5.04. The molecule has 32 heavy (non-hydrogen) atoms. The first-order valence-corrected chi connectivity index (χ1v) is 11.0. The van der Waals surface area contributed by atoms with Crippen LogP contribution in [0.3, 0.4) is 0 Å². The molecule has 1 amide bonds. The molecule has 7 heteroatoms. The topological polar surface area (TPSA) is 81.5 Å². The molecule has 1 aliphatic rings. The highest BCUT2D eigenvalue weighted by Gasteiger charge is 2.28. The van der Waals surface area contributed by atoms with Gasteiger partial charge in [0.15, 0.2) is 6.61 Å². The van der Waals surface area contributed by atoms with Crippen molar-refractivity contribution in [1.82, 2.24) is 14.5 Å². The Bertz CT molecular complexity index is 1170. The minimum atomic E-state index is -0.473. The number of amides is 1. The summed E-state index contributed by atoms with van der Waals surface area (Å²) < 4.78 is 6.96. The van der Waals surface area contributed by atoms with Gasteiger partial charge in [0.2, 0.25) is 0 Å². The first-order chi connectivity index (χ1) is 15.6. The van der Waals surface area contributed by atoms with E-state index < -0.39 is 5.97 Å². The van der Waals surface area contributed by atoms with Gasteiger partial charge >= 0.3 is 5.97 Å². The van der Waals surface area contributed by atoms with Crippen molar-refractivity contribution in [2.24, 2.45) is 0 Å². The lowest BCUT2D eigenvalue weighted by atomic mass is 10.2. The van der Waals surface area contributed by atoms with Crippen LogP contribution in [0.5, 0.6) is 0 Å². The van der Waals surface area contributed by atoms with Crippen LogP contribution in [0, 0.1) is 0 Å². The largest absolute Gasteiger partial charge is 0.456 e. The maximum absolute atomic E-state index is 12.9. The van der Waals surface area contributed by atoms with Crippen LogP contribution in [0.15, 0.2) is 59.4 Å². The standard InChI is InChI=1S/C25H27N3O4/c1-2-27(16-18-8-4-3-5-9-18)23(29)17-32-24(30)15-14-22-26-21-11-7-6-10-20(21)25(31)28(22)19-12-13-19/h3-11,19H,2,12-17H2,1H3. The van der Waals surface area contributed by atoms with Crippen molar-refractivity contribution in [1.29, 1.82) is 0 Å². The second kappa shape index (κ2) is 9.77. The molecule has 1 heterocycles. The number of hydrogen-bond donors (Lipinski definition) is 0. The van der Waals surface area contributed by atoms with Crippen molar-refractivity contribution in [2.45, 2.75) is 45.2 Å². The molecule has 0 atom stereocenters. The number of para-hydroxylation sites is 1. The monoisotopic (exact) mass is 433 g/mol. The summed E-state index contributed by atoms with van der Waals surface area (Å²) in [5, 5.41) is 0.592. The average Bonchev–Trinajstić information content (AvgIpc) is 3.65. The zero-order valence-electron chi connectivity index (χ0n) is 18.2. The fourth-order valence-corrected chi connectivity index (χ4v) is 3.78. The van der Waals surface area contributed by atoms with Crippen LogP contribution in [0.25, 0.3) is 10.9 Å². The number of ether oxygens (including phenoxy) is 1. The zero-order valence-corrected chi connectivity index (χ0v) is 18.2. The number of carbonyl (C=O) groups is 2. The van der Waals surface area contributed by atoms with Crippen LogP contribution in [0.2, 0.25) is 0 Å². The van der Waals surface area contributed by atoms with Crippen LogP contribution < -0.4 is 5.56 Å². The van der Waals surface area contributed by atoms with E-state index in [2.05, 4.69) is 4.98 Å². The Kier molecular flexibility index (Phi) is 6.63. The lowest BCUT2D eigenvalue weighted by molar-refractivity contribution is -0.152. The van der Waals surface area contributed by atoms with Gasteiger partial charge in [-0.1, -0.05) is 42.5 Å². The van der Waals surface area contributed by atoms with Crippen LogP contribution in [0.4, 0.5) is 0 Å². The molecule has 1 fully saturated rings. The molecule has 166 valence electrons. The summed E-state index contributed by atoms with van der Waals surface area (Å²) in [4.78, 5) is 44.0. The Hall–Kier alpha value is -3.48. The second-order valence-electron chi connectivity index (χ2n) is 8.01. The Morgan fingerprint density at radius 3 is 2.53 bits per heavy atom. The fraction of sp³-hybridized carbons (Fsp3) is 0.360. The van der Waals surface area contributed by atoms with Crippen molar-refractivity contribution in [3.05, 3.63) is 76.3 Å². The molecule has 0 saturated heterocycles. The van der Waals surface area contributed by atoms with Crippen molar-refractivity contribution in [3.8, 4) is 0 Å². The van der Waals surface area contributed by atoms with E-state index in [0.717, 1.165) is 18.4 Å². The number of fused-ring (bicyclic) bond motifs is 1. The first-order valence-electron chi connectivity index (χ1n) is 11.0. The molecule has 0 aliphatic heterocycles. The molecule has 0 N–H and O–H groups in total. The molecule has 3 aromatic rings. The lowest BCUT2D eigenvalue weighted by Crippen LogP contribution is -2.34. The number of likely N-dealkylation sites (N-methyl/N-ethyl adjacent to an activating group) is 1. The SMILES string of the molecule is CCN(Cc1ccccc1)C(=O)COC(=O)CCc1nc2ccccc2c(=O)n1C1CC1. The highest BCUT2D eigenvalue weighted by atomic mass is 16.5. The zero-order chi connectivity index (χ0) is 22.5. The second-order valence-corrected chi connectivity index (χ2v) is 8.01. The van der Waals surface area contributed by atoms with Gasteiger partial charge in [-0.15, -0.1) is 0 Å². The summed E-state index contributed by atoms with van der Waals surface area (Å²) in [7, 11) is 0. The number of aryl methyl sites for hydroxylation is 1. The third-order valence-corrected chi connectivity index (χ3v) is 5.65. The van der Waals surface area contributed by atoms with Gasteiger partial charge in [-0.3, -0.25) is 19.0 Å². The predicted octanol–water partition coefficient (Wildman–Crippen LogP) is 3.26. The molecule has 1 aliphatic carbocycles. The molecule has 0 bridgehead atoms. The molecule has 1 aromatic heterocycles. The van der Waals surface area contributed by atoms with Gasteiger partial charge in [0.05, 0.1) is 17.3 Å². The number of aromatic nitrogens is 2. The van der Waals surface area contributed by atoms with Crippen molar-refractivity contribution in [2.75, 3.05) is 13.2 Å². The molecule has 0 unspecified atom stereocenters. The van der Waals surface area contributed by atoms with E-state index >= 15 is 0 Å². The van der Waals surface area contributed by atoms with Crippen molar-refractivity contribution < 1.29 is 14.3 Å². The van der Waals surface area contributed by atoms with Gasteiger partial charge in [0.25, 0.3) is 11.5 Å². The van der Waals surface area contributed by atoms with E-state index in [0.29, 0.717) is 36.2 Å². The molecule has 0 spiro atoms. The summed E-state index contributed by atoms with van der Waals surface area (Å²) in [6.07, 6.45) is 2.25. The Morgan fingerprint density at radius 2 is 1.81 bits per heavy atom. The van der Waals surface area contributed by atoms with Crippen LogP contribution >= 0.6 is 0 Å². The molecular weight excluding hydrogens is 406 g/mol. The summed E-state index contributed by atoms with van der Waals surface area (Å²) in [6, 6.07) is 17.1. The summed E-state index contributed by atoms with van der Waals surface area (Å²) >= 11 is 0. The van der Waals surface area contributed by atoms with Gasteiger partial charge < -0.3 is 9.64 Å². The van der Waals surface area contributed by atoms with E-state index in [1.54, 1.807) is 21.6 Å². The number of benzene rings is 2. The molecule has 4 rings (SSSR count). The summed E-state index contributed by atoms with van der Waals surface area (Å²) in [5.74, 6) is -0.110. The normalized spacial score (nSPS) is 13.2. The fourth-order valence-electron chi connectivity index (χ4n) is 3.78. The van der Waals surface area contributed by atoms with Crippen LogP contribution in [-0.4, -0.2) is 39.5 Å². The molecule has 0 radical (unpaired) electrons. The van der Waals surface area contributed by atoms with E-state index in [9.17, 15) is 14.4 Å². The van der Waals surface area contributed by atoms with E-state index in [4.69, 9.17) is 4.74 Å². The number of hydrogen-bond acceptors (Lipinski definition) is 5. The van der Waals surface area contributed by atoms with Crippen LogP contribution in [0.1, 0.15) is 43.6 Å². The van der Waals surface area contributed by atoms with Crippen molar-refractivity contribution >= 4 is 22.8 Å². The maximum Gasteiger partial charge on any atom is 0.306 e. The number of rotatable bonds is 9. The highest BCUT2D eigenvalue weighted by Crippen LogP contribution is 2.34. The average molecular weight is 434 g/mol. The van der Waals surface area contributed by atoms with E-state index in [1.807, 2.05) is 49.4 Å². The Balaban J connectivity index is 1.36. The summed E-state index contributed by atoms with van der Waals surface area (Å²) in [5.41, 5.74) is 1.60. The molecule has 2 aromatic carbocycles. The smallest absolute Gasteiger partial charge is 0.306 e. The predicted molar refractivity (Wildman–Crippen MR) is 121 cm³/mol. The van der Waals surface area contributed by atoms with Gasteiger partial charge in [-0.05, 0) is 37.5 Å². The first kappa shape index (κ1) is 21.7. The van der Waals surface area contributed by atoms with Gasteiger partial charge in [0.1, 0.15) is 5.82 Å². The lowest BCUT2D eigenvalue weighted by Gasteiger charge is -2.21. The van der Waals surface area contributed by atoms with Crippen molar-refractivity contribution in [3.63, 3.8) is 0 Å². The molecule has 1 saturated carbocycles. The quantitative estimate of drug-likeness (QED) is 0.484. The molecule has 7 nitrogen and oxygen atoms in total. The maximum atomic E-state index is 12.9. The van der Waals surface area contributed by atoms with E-state index in [1.165, 1.54) is 0 Å². The Morgan fingerprint density at radius 1 is 1.09 bits per heavy atom. The Labute approximate surface area is 186 Å². The third-order valence-electron chi connectivity index (χ3n) is 5.65. The minimum absolute atomic E-state index is 0.0591. The number of esters is 1. The summed E-state index contributed by atoms with van der Waals surface area (Å²) in [6.45, 7) is 2.60. The van der Waals surface area contributed by atoms with Crippen LogP contribution in [-0.2, 0) is 27.3 Å². The van der Waals surface area contributed by atoms with Gasteiger partial charge in [-0.2, -0.15) is 0 Å².